The Morgan fingerprint density at radius 3 is 2.23 bits per heavy atom. The minimum absolute atomic E-state index is 0.133. The zero-order valence-corrected chi connectivity index (χ0v) is 18.8. The number of benzene rings is 2. The summed E-state index contributed by atoms with van der Waals surface area (Å²) in [5, 5.41) is 0. The van der Waals surface area contributed by atoms with E-state index in [9.17, 15) is 4.79 Å². The summed E-state index contributed by atoms with van der Waals surface area (Å²) in [5.41, 5.74) is 3.14. The Bertz CT molecular complexity index is 853. The second kappa shape index (κ2) is 10.2. The van der Waals surface area contributed by atoms with Gasteiger partial charge in [-0.3, -0.25) is 9.69 Å². The summed E-state index contributed by atoms with van der Waals surface area (Å²) in [5.74, 6) is 0.133. The SMILES string of the molecule is O=C(c1ccc(N2CCOCC2)cc1)N1CCN(C/C=C/c2ccc(Br)cc2)CC1. The van der Waals surface area contributed by atoms with Crippen molar-refractivity contribution in [3.8, 4) is 0 Å². The number of rotatable bonds is 5. The van der Waals surface area contributed by atoms with E-state index in [0.29, 0.717) is 0 Å². The number of hydrogen-bond donors (Lipinski definition) is 0. The number of carbonyl (C=O) groups is 1. The van der Waals surface area contributed by atoms with Crippen LogP contribution in [0.15, 0.2) is 59.1 Å². The first kappa shape index (κ1) is 21.1. The molecule has 2 saturated heterocycles. The second-order valence-corrected chi connectivity index (χ2v) is 8.61. The lowest BCUT2D eigenvalue weighted by molar-refractivity contribution is 0.0650. The Morgan fingerprint density at radius 1 is 0.900 bits per heavy atom. The molecule has 5 nitrogen and oxygen atoms in total. The van der Waals surface area contributed by atoms with Crippen molar-refractivity contribution in [2.75, 3.05) is 63.9 Å². The molecular formula is C24H28BrN3O2. The molecule has 0 N–H and O–H groups in total. The van der Waals surface area contributed by atoms with E-state index in [-0.39, 0.29) is 5.91 Å². The van der Waals surface area contributed by atoms with Crippen LogP contribution in [0.25, 0.3) is 6.08 Å². The van der Waals surface area contributed by atoms with E-state index in [1.807, 2.05) is 17.0 Å². The zero-order valence-electron chi connectivity index (χ0n) is 17.2. The van der Waals surface area contributed by atoms with Gasteiger partial charge in [0.2, 0.25) is 0 Å². The summed E-state index contributed by atoms with van der Waals surface area (Å²) in [6.07, 6.45) is 4.35. The molecule has 1 amide bonds. The van der Waals surface area contributed by atoms with Gasteiger partial charge in [-0.05, 0) is 42.0 Å². The van der Waals surface area contributed by atoms with Crippen LogP contribution in [-0.2, 0) is 4.74 Å². The van der Waals surface area contributed by atoms with Gasteiger partial charge >= 0.3 is 0 Å². The average molecular weight is 470 g/mol. The van der Waals surface area contributed by atoms with Gasteiger partial charge in [0, 0.05) is 61.5 Å². The van der Waals surface area contributed by atoms with Gasteiger partial charge in [0.1, 0.15) is 0 Å². The topological polar surface area (TPSA) is 36.0 Å². The van der Waals surface area contributed by atoms with Gasteiger partial charge in [0.15, 0.2) is 0 Å². The number of piperazine rings is 1. The van der Waals surface area contributed by atoms with Crippen LogP contribution in [0.2, 0.25) is 0 Å². The molecule has 0 saturated carbocycles. The molecule has 2 aromatic carbocycles. The molecule has 0 radical (unpaired) electrons. The van der Waals surface area contributed by atoms with Crippen LogP contribution >= 0.6 is 15.9 Å². The van der Waals surface area contributed by atoms with E-state index in [0.717, 1.165) is 74.8 Å². The van der Waals surface area contributed by atoms with Crippen LogP contribution in [-0.4, -0.2) is 74.7 Å². The molecule has 0 spiro atoms. The molecule has 2 aliphatic heterocycles. The summed E-state index contributed by atoms with van der Waals surface area (Å²) in [7, 11) is 0. The normalized spacial score (nSPS) is 18.2. The van der Waals surface area contributed by atoms with E-state index in [4.69, 9.17) is 4.74 Å². The van der Waals surface area contributed by atoms with E-state index in [1.165, 1.54) is 5.56 Å². The maximum Gasteiger partial charge on any atom is 0.253 e. The van der Waals surface area contributed by atoms with Crippen molar-refractivity contribution in [2.24, 2.45) is 0 Å². The third kappa shape index (κ3) is 5.50. The summed E-state index contributed by atoms with van der Waals surface area (Å²) < 4.78 is 6.50. The Labute approximate surface area is 187 Å². The number of halogens is 1. The lowest BCUT2D eigenvalue weighted by atomic mass is 10.1. The first-order chi connectivity index (χ1) is 14.7. The average Bonchev–Trinajstić information content (AvgIpc) is 2.81. The number of nitrogens with zero attached hydrogens (tertiary/aromatic N) is 3. The summed E-state index contributed by atoms with van der Waals surface area (Å²) in [4.78, 5) is 19.5. The Hall–Kier alpha value is -2.15. The van der Waals surface area contributed by atoms with Crippen molar-refractivity contribution in [3.05, 3.63) is 70.2 Å². The minimum Gasteiger partial charge on any atom is -0.378 e. The van der Waals surface area contributed by atoms with Gasteiger partial charge in [0.25, 0.3) is 5.91 Å². The third-order valence-corrected chi connectivity index (χ3v) is 6.22. The Balaban J connectivity index is 1.25. The predicted molar refractivity (Wildman–Crippen MR) is 125 cm³/mol. The summed E-state index contributed by atoms with van der Waals surface area (Å²) in [6, 6.07) is 16.3. The van der Waals surface area contributed by atoms with Crippen LogP contribution in [0.4, 0.5) is 5.69 Å². The van der Waals surface area contributed by atoms with Gasteiger partial charge in [-0.2, -0.15) is 0 Å². The fourth-order valence-corrected chi connectivity index (χ4v) is 4.13. The molecule has 4 rings (SSSR count). The second-order valence-electron chi connectivity index (χ2n) is 7.69. The van der Waals surface area contributed by atoms with Crippen molar-refractivity contribution in [1.29, 1.82) is 0 Å². The maximum absolute atomic E-state index is 12.9. The van der Waals surface area contributed by atoms with Crippen LogP contribution in [0.1, 0.15) is 15.9 Å². The maximum atomic E-state index is 12.9. The van der Waals surface area contributed by atoms with Gasteiger partial charge in [0.05, 0.1) is 13.2 Å². The smallest absolute Gasteiger partial charge is 0.253 e. The largest absolute Gasteiger partial charge is 0.378 e. The predicted octanol–water partition coefficient (Wildman–Crippen LogP) is 3.76. The van der Waals surface area contributed by atoms with Crippen LogP contribution in [0.3, 0.4) is 0 Å². The molecule has 0 unspecified atom stereocenters. The fraction of sp³-hybridized carbons (Fsp3) is 0.375. The van der Waals surface area contributed by atoms with Crippen molar-refractivity contribution >= 4 is 33.6 Å². The molecule has 2 aromatic rings. The standard InChI is InChI=1S/C24H28BrN3O2/c25-22-7-3-20(4-8-22)2-1-11-26-12-14-28(15-13-26)24(29)21-5-9-23(10-6-21)27-16-18-30-19-17-27/h1-10H,11-19H2/b2-1+. The molecule has 2 fully saturated rings. The van der Waals surface area contributed by atoms with Gasteiger partial charge in [-0.25, -0.2) is 0 Å². The van der Waals surface area contributed by atoms with Gasteiger partial charge in [-0.15, -0.1) is 0 Å². The third-order valence-electron chi connectivity index (χ3n) is 5.69. The van der Waals surface area contributed by atoms with Crippen LogP contribution < -0.4 is 4.90 Å². The molecule has 6 heteroatoms. The first-order valence-electron chi connectivity index (χ1n) is 10.6. The van der Waals surface area contributed by atoms with E-state index >= 15 is 0 Å². The number of carbonyl (C=O) groups excluding carboxylic acids is 1. The number of amides is 1. The highest BCUT2D eigenvalue weighted by molar-refractivity contribution is 9.10. The van der Waals surface area contributed by atoms with Crippen molar-refractivity contribution < 1.29 is 9.53 Å². The molecule has 2 heterocycles. The number of ether oxygens (including phenoxy) is 1. The van der Waals surface area contributed by atoms with Gasteiger partial charge in [-0.1, -0.05) is 40.2 Å². The monoisotopic (exact) mass is 469 g/mol. The molecule has 158 valence electrons. The minimum atomic E-state index is 0.133. The number of morpholine rings is 1. The Morgan fingerprint density at radius 2 is 1.57 bits per heavy atom. The number of anilines is 1. The highest BCUT2D eigenvalue weighted by atomic mass is 79.9. The molecular weight excluding hydrogens is 442 g/mol. The van der Waals surface area contributed by atoms with E-state index < -0.39 is 0 Å². The molecule has 0 bridgehead atoms. The fourth-order valence-electron chi connectivity index (χ4n) is 3.86. The van der Waals surface area contributed by atoms with E-state index in [2.05, 4.69) is 74.3 Å². The van der Waals surface area contributed by atoms with Crippen LogP contribution in [0, 0.1) is 0 Å². The lowest BCUT2D eigenvalue weighted by Gasteiger charge is -2.34. The molecule has 0 atom stereocenters. The molecule has 0 aromatic heterocycles. The zero-order chi connectivity index (χ0) is 20.8. The van der Waals surface area contributed by atoms with Crippen molar-refractivity contribution in [3.63, 3.8) is 0 Å². The molecule has 0 aliphatic carbocycles. The highest BCUT2D eigenvalue weighted by Crippen LogP contribution is 2.18. The van der Waals surface area contributed by atoms with Crippen molar-refractivity contribution in [2.45, 2.75) is 0 Å². The van der Waals surface area contributed by atoms with Crippen molar-refractivity contribution in [1.82, 2.24) is 9.80 Å². The summed E-state index contributed by atoms with van der Waals surface area (Å²) in [6.45, 7) is 7.62. The van der Waals surface area contributed by atoms with E-state index in [1.54, 1.807) is 0 Å². The quantitative estimate of drug-likeness (QED) is 0.667. The molecule has 2 aliphatic rings. The summed E-state index contributed by atoms with van der Waals surface area (Å²) >= 11 is 3.46. The molecule has 30 heavy (non-hydrogen) atoms. The Kier molecular flexibility index (Phi) is 7.20. The highest BCUT2D eigenvalue weighted by Gasteiger charge is 2.22. The lowest BCUT2D eigenvalue weighted by Crippen LogP contribution is -2.48. The first-order valence-corrected chi connectivity index (χ1v) is 11.3. The van der Waals surface area contributed by atoms with Crippen LogP contribution in [0.5, 0.6) is 0 Å². The van der Waals surface area contributed by atoms with Gasteiger partial charge < -0.3 is 14.5 Å². The number of hydrogen-bond acceptors (Lipinski definition) is 4.